The second kappa shape index (κ2) is 14.0. The number of pyridine rings is 1. The highest BCUT2D eigenvalue weighted by Gasteiger charge is 2.50. The lowest BCUT2D eigenvalue weighted by Crippen LogP contribution is -2.67. The van der Waals surface area contributed by atoms with Gasteiger partial charge in [-0.15, -0.1) is 0 Å². The summed E-state index contributed by atoms with van der Waals surface area (Å²) in [6.07, 6.45) is 9.42. The predicted molar refractivity (Wildman–Crippen MR) is 169 cm³/mol. The minimum Gasteiger partial charge on any atom is -0.465 e. The van der Waals surface area contributed by atoms with Gasteiger partial charge in [-0.3, -0.25) is 14.6 Å². The number of benzene rings is 1. The summed E-state index contributed by atoms with van der Waals surface area (Å²) in [6, 6.07) is 9.98. The molecule has 0 spiro atoms. The molecule has 8 heteroatoms. The molecule has 2 aromatic rings. The van der Waals surface area contributed by atoms with Gasteiger partial charge in [0.25, 0.3) is 0 Å². The molecule has 1 aliphatic heterocycles. The highest BCUT2D eigenvalue weighted by atomic mass is 16.4. The molecule has 0 unspecified atom stereocenters. The van der Waals surface area contributed by atoms with E-state index in [0.717, 1.165) is 75.7 Å². The number of fused-ring (bicyclic) bond motifs is 1. The number of aromatic nitrogens is 1. The van der Waals surface area contributed by atoms with Gasteiger partial charge in [-0.1, -0.05) is 52.8 Å². The second-order valence-corrected chi connectivity index (χ2v) is 13.9. The maximum atomic E-state index is 13.9. The molecule has 4 rings (SSSR count). The number of amides is 2. The molecule has 1 saturated carbocycles. The molecular weight excluding hydrogens is 540 g/mol. The molecule has 1 aliphatic carbocycles. The van der Waals surface area contributed by atoms with E-state index in [-0.39, 0.29) is 30.1 Å². The zero-order valence-electron chi connectivity index (χ0n) is 26.6. The smallest absolute Gasteiger partial charge is 0.405 e. The first-order valence-electron chi connectivity index (χ1n) is 16.0. The zero-order valence-corrected chi connectivity index (χ0v) is 26.6. The molecule has 2 aliphatic rings. The van der Waals surface area contributed by atoms with E-state index < -0.39 is 17.0 Å². The molecule has 234 valence electrons. The molecule has 0 bridgehead atoms. The third-order valence-electron chi connectivity index (χ3n) is 9.63. The van der Waals surface area contributed by atoms with Gasteiger partial charge in [-0.2, -0.15) is 0 Å². The van der Waals surface area contributed by atoms with Gasteiger partial charge in [-0.05, 0) is 91.6 Å². The Morgan fingerprint density at radius 3 is 2.33 bits per heavy atom. The van der Waals surface area contributed by atoms with Crippen molar-refractivity contribution in [3.05, 3.63) is 65.0 Å². The van der Waals surface area contributed by atoms with Crippen LogP contribution >= 0.6 is 0 Å². The van der Waals surface area contributed by atoms with Crippen molar-refractivity contribution in [2.24, 2.45) is 17.3 Å². The Labute approximate surface area is 257 Å². The quantitative estimate of drug-likeness (QED) is 0.307. The first-order chi connectivity index (χ1) is 20.4. The van der Waals surface area contributed by atoms with Crippen molar-refractivity contribution in [3.8, 4) is 0 Å². The van der Waals surface area contributed by atoms with Crippen LogP contribution in [-0.4, -0.2) is 64.0 Å². The summed E-state index contributed by atoms with van der Waals surface area (Å²) in [6.45, 7) is 12.7. The minimum atomic E-state index is -1.33. The molecule has 2 heterocycles. The molecule has 0 saturated heterocycles. The van der Waals surface area contributed by atoms with E-state index in [4.69, 9.17) is 0 Å². The number of ketones is 1. The van der Waals surface area contributed by atoms with Crippen LogP contribution in [0.1, 0.15) is 93.8 Å². The van der Waals surface area contributed by atoms with Gasteiger partial charge in [0.2, 0.25) is 5.91 Å². The summed E-state index contributed by atoms with van der Waals surface area (Å²) in [5, 5.41) is 15.6. The van der Waals surface area contributed by atoms with Gasteiger partial charge in [0, 0.05) is 49.4 Å². The van der Waals surface area contributed by atoms with E-state index >= 15 is 0 Å². The molecule has 1 atom stereocenters. The molecule has 0 radical (unpaired) electrons. The van der Waals surface area contributed by atoms with Crippen LogP contribution in [0.4, 0.5) is 4.79 Å². The van der Waals surface area contributed by atoms with Crippen molar-refractivity contribution in [1.82, 2.24) is 20.5 Å². The molecule has 1 fully saturated rings. The molecule has 3 N–H and O–H groups in total. The van der Waals surface area contributed by atoms with E-state index in [1.165, 1.54) is 11.1 Å². The van der Waals surface area contributed by atoms with Crippen molar-refractivity contribution in [3.63, 3.8) is 0 Å². The topological polar surface area (TPSA) is 112 Å². The van der Waals surface area contributed by atoms with Crippen molar-refractivity contribution in [1.29, 1.82) is 0 Å². The van der Waals surface area contributed by atoms with E-state index in [1.54, 1.807) is 18.5 Å². The van der Waals surface area contributed by atoms with Crippen molar-refractivity contribution in [2.75, 3.05) is 19.6 Å². The average molecular weight is 591 g/mol. The van der Waals surface area contributed by atoms with Crippen molar-refractivity contribution < 1.29 is 19.5 Å². The standard InChI is InChI=1S/C35H50N4O4/c1-24(2)31(40)29-11-10-27-15-19-39(20-16-28(27)21-29)18-14-25-8-12-30(13-9-25)37-32(41)35(34(3,4)5,38-33(42)43)22-26-7-6-17-36-23-26/h6-7,10-11,17,21,23-25,30,38H,8-9,12-16,18-20,22H2,1-5H3,(H,37,41)(H,42,43)/t25?,30?,35-/m0/s1. The van der Waals surface area contributed by atoms with E-state index in [1.807, 2.05) is 46.8 Å². The fraction of sp³-hybridized carbons (Fsp3) is 0.600. The summed E-state index contributed by atoms with van der Waals surface area (Å²) < 4.78 is 0. The Morgan fingerprint density at radius 2 is 1.72 bits per heavy atom. The highest BCUT2D eigenvalue weighted by Crippen LogP contribution is 2.35. The zero-order chi connectivity index (χ0) is 31.2. The largest absolute Gasteiger partial charge is 0.465 e. The average Bonchev–Trinajstić information content (AvgIpc) is 3.17. The Kier molecular flexibility index (Phi) is 10.6. The number of carbonyl (C=O) groups is 3. The lowest BCUT2D eigenvalue weighted by atomic mass is 9.69. The number of hydrogen-bond acceptors (Lipinski definition) is 5. The lowest BCUT2D eigenvalue weighted by molar-refractivity contribution is -0.133. The van der Waals surface area contributed by atoms with Gasteiger partial charge in [0.1, 0.15) is 5.54 Å². The van der Waals surface area contributed by atoms with Gasteiger partial charge >= 0.3 is 6.09 Å². The lowest BCUT2D eigenvalue weighted by Gasteiger charge is -2.44. The third kappa shape index (κ3) is 8.22. The molecule has 1 aromatic heterocycles. The van der Waals surface area contributed by atoms with Crippen LogP contribution in [0, 0.1) is 17.3 Å². The van der Waals surface area contributed by atoms with E-state index in [0.29, 0.717) is 5.92 Å². The molecular formula is C35H50N4O4. The van der Waals surface area contributed by atoms with Gasteiger partial charge in [-0.25, -0.2) is 4.79 Å². The number of nitrogens with one attached hydrogen (secondary N) is 2. The fourth-order valence-electron chi connectivity index (χ4n) is 6.72. The van der Waals surface area contributed by atoms with Gasteiger partial charge < -0.3 is 20.6 Å². The first-order valence-corrected chi connectivity index (χ1v) is 16.0. The number of nitrogens with zero attached hydrogens (tertiary/aromatic N) is 2. The van der Waals surface area contributed by atoms with Gasteiger partial charge in [0.05, 0.1) is 0 Å². The van der Waals surface area contributed by atoms with Crippen LogP contribution in [0.15, 0.2) is 42.7 Å². The normalized spacial score (nSPS) is 20.9. The molecule has 8 nitrogen and oxygen atoms in total. The van der Waals surface area contributed by atoms with Crippen molar-refractivity contribution in [2.45, 2.75) is 97.6 Å². The fourth-order valence-corrected chi connectivity index (χ4v) is 6.72. The van der Waals surface area contributed by atoms with Crippen LogP contribution in [0.25, 0.3) is 0 Å². The second-order valence-electron chi connectivity index (χ2n) is 13.9. The summed E-state index contributed by atoms with van der Waals surface area (Å²) >= 11 is 0. The number of Topliss-reactive ketones (excluding diaryl/α,β-unsaturated/α-hetero) is 1. The number of carboxylic acid groups (broad SMARTS) is 1. The summed E-state index contributed by atoms with van der Waals surface area (Å²) in [7, 11) is 0. The molecule has 43 heavy (non-hydrogen) atoms. The van der Waals surface area contributed by atoms with Crippen LogP contribution in [0.3, 0.4) is 0 Å². The molecule has 1 aromatic carbocycles. The Bertz CT molecular complexity index is 1260. The maximum absolute atomic E-state index is 13.9. The van der Waals surface area contributed by atoms with E-state index in [2.05, 4.69) is 32.7 Å². The Balaban J connectivity index is 1.29. The summed E-state index contributed by atoms with van der Waals surface area (Å²) in [5.74, 6) is 0.579. The number of carbonyl (C=O) groups excluding carboxylic acids is 2. The molecule has 2 amide bonds. The third-order valence-corrected chi connectivity index (χ3v) is 9.63. The SMILES string of the molecule is CC(C)C(=O)c1ccc2c(c1)CCN(CCC1CCC(NC(=O)[C@](Cc3cccnc3)(NC(=O)O)C(C)(C)C)CC1)CC2. The van der Waals surface area contributed by atoms with E-state index in [9.17, 15) is 19.5 Å². The van der Waals surface area contributed by atoms with Crippen LogP contribution in [-0.2, 0) is 24.1 Å². The monoisotopic (exact) mass is 590 g/mol. The number of hydrogen-bond donors (Lipinski definition) is 3. The predicted octanol–water partition coefficient (Wildman–Crippen LogP) is 5.68. The van der Waals surface area contributed by atoms with Crippen LogP contribution < -0.4 is 10.6 Å². The Morgan fingerprint density at radius 1 is 1.02 bits per heavy atom. The highest BCUT2D eigenvalue weighted by molar-refractivity contribution is 5.97. The maximum Gasteiger partial charge on any atom is 0.405 e. The number of rotatable bonds is 10. The van der Waals surface area contributed by atoms with Crippen LogP contribution in [0.5, 0.6) is 0 Å². The van der Waals surface area contributed by atoms with Crippen molar-refractivity contribution >= 4 is 17.8 Å². The summed E-state index contributed by atoms with van der Waals surface area (Å²) in [5.41, 5.74) is 2.34. The minimum absolute atomic E-state index is 0.0121. The van der Waals surface area contributed by atoms with Gasteiger partial charge in [0.15, 0.2) is 5.78 Å². The Hall–Kier alpha value is -3.26. The first kappa shape index (κ1) is 32.6. The van der Waals surface area contributed by atoms with Crippen LogP contribution in [0.2, 0.25) is 0 Å². The summed E-state index contributed by atoms with van der Waals surface area (Å²) in [4.78, 5) is 45.0.